The molecular weight excluding hydrogens is 200 g/mol. The normalized spacial score (nSPS) is 34.7. The Morgan fingerprint density at radius 2 is 2.06 bits per heavy atom. The van der Waals surface area contributed by atoms with E-state index in [1.54, 1.807) is 0 Å². The summed E-state index contributed by atoms with van der Waals surface area (Å²) in [5.74, 6) is 0.881. The van der Waals surface area contributed by atoms with Crippen LogP contribution < -0.4 is 5.73 Å². The molecule has 3 nitrogen and oxygen atoms in total. The number of nitrogens with two attached hydrogens (primary N) is 1. The van der Waals surface area contributed by atoms with Gasteiger partial charge in [0.1, 0.15) is 0 Å². The van der Waals surface area contributed by atoms with E-state index in [9.17, 15) is 5.11 Å². The highest BCUT2D eigenvalue weighted by Gasteiger charge is 2.39. The van der Waals surface area contributed by atoms with E-state index in [0.717, 1.165) is 18.9 Å². The fraction of sp³-hybridized carbons (Fsp3) is 1.00. The average molecular weight is 226 g/mol. The van der Waals surface area contributed by atoms with Crippen LogP contribution in [0.25, 0.3) is 0 Å². The van der Waals surface area contributed by atoms with E-state index in [0.29, 0.717) is 6.04 Å². The van der Waals surface area contributed by atoms with Crippen LogP contribution in [0.15, 0.2) is 0 Å². The molecule has 3 heteroatoms. The molecule has 0 radical (unpaired) electrons. The van der Waals surface area contributed by atoms with E-state index in [-0.39, 0.29) is 18.7 Å². The number of fused-ring (bicyclic) bond motifs is 1. The van der Waals surface area contributed by atoms with Gasteiger partial charge in [-0.25, -0.2) is 0 Å². The third-order valence-corrected chi connectivity index (χ3v) is 4.63. The molecule has 2 fully saturated rings. The predicted octanol–water partition coefficient (Wildman–Crippen LogP) is 1.35. The maximum Gasteiger partial charge on any atom is 0.0602 e. The van der Waals surface area contributed by atoms with Crippen LogP contribution in [0.2, 0.25) is 0 Å². The van der Waals surface area contributed by atoms with Crippen molar-refractivity contribution in [1.29, 1.82) is 0 Å². The number of aliphatic hydroxyl groups is 1. The van der Waals surface area contributed by atoms with Gasteiger partial charge in [-0.3, -0.25) is 4.90 Å². The van der Waals surface area contributed by atoms with Crippen LogP contribution in [-0.2, 0) is 0 Å². The Bertz CT molecular complexity index is 222. The molecule has 2 aliphatic rings. The maximum absolute atomic E-state index is 9.56. The molecule has 0 aromatic rings. The first kappa shape index (κ1) is 12.3. The van der Waals surface area contributed by atoms with Crippen molar-refractivity contribution in [2.24, 2.45) is 11.7 Å². The Morgan fingerprint density at radius 1 is 1.31 bits per heavy atom. The topological polar surface area (TPSA) is 49.5 Å². The van der Waals surface area contributed by atoms with E-state index in [1.165, 1.54) is 32.1 Å². The van der Waals surface area contributed by atoms with Crippen molar-refractivity contribution in [3.63, 3.8) is 0 Å². The van der Waals surface area contributed by atoms with Crippen molar-refractivity contribution < 1.29 is 5.11 Å². The van der Waals surface area contributed by atoms with E-state index >= 15 is 0 Å². The summed E-state index contributed by atoms with van der Waals surface area (Å²) >= 11 is 0. The first-order chi connectivity index (χ1) is 7.77. The van der Waals surface area contributed by atoms with E-state index < -0.39 is 0 Å². The zero-order chi connectivity index (χ0) is 11.5. The van der Waals surface area contributed by atoms with E-state index in [1.807, 2.05) is 0 Å². The summed E-state index contributed by atoms with van der Waals surface area (Å²) in [4.78, 5) is 2.51. The number of rotatable bonds is 4. The van der Waals surface area contributed by atoms with Crippen molar-refractivity contribution in [1.82, 2.24) is 4.90 Å². The number of nitrogens with zero attached hydrogens (tertiary/aromatic N) is 1. The monoisotopic (exact) mass is 226 g/mol. The molecule has 3 N–H and O–H groups in total. The summed E-state index contributed by atoms with van der Waals surface area (Å²) in [5, 5.41) is 9.56. The largest absolute Gasteiger partial charge is 0.395 e. The van der Waals surface area contributed by atoms with Crippen LogP contribution in [0.4, 0.5) is 0 Å². The third-order valence-electron chi connectivity index (χ3n) is 4.63. The van der Waals surface area contributed by atoms with Gasteiger partial charge < -0.3 is 10.8 Å². The molecule has 0 bridgehead atoms. The Balaban J connectivity index is 2.02. The Labute approximate surface area is 99.0 Å². The maximum atomic E-state index is 9.56. The molecule has 2 rings (SSSR count). The van der Waals surface area contributed by atoms with Crippen LogP contribution in [-0.4, -0.2) is 41.3 Å². The highest BCUT2D eigenvalue weighted by Crippen LogP contribution is 2.37. The second-order valence-electron chi connectivity index (χ2n) is 5.46. The van der Waals surface area contributed by atoms with Crippen LogP contribution in [0.3, 0.4) is 0 Å². The van der Waals surface area contributed by atoms with Crippen LogP contribution in [0, 0.1) is 5.92 Å². The number of aliphatic hydroxyl groups excluding tert-OH is 1. The molecule has 0 amide bonds. The first-order valence-corrected chi connectivity index (χ1v) is 6.90. The van der Waals surface area contributed by atoms with Gasteiger partial charge in [0.05, 0.1) is 6.61 Å². The molecule has 0 aromatic heterocycles. The molecule has 1 aliphatic heterocycles. The summed E-state index contributed by atoms with van der Waals surface area (Å²) in [7, 11) is 0. The molecule has 0 aromatic carbocycles. The number of hydrogen-bond donors (Lipinski definition) is 2. The SMILES string of the molecule is CCC(N)C(CO)N1CCC2CCCCC21. The molecule has 4 atom stereocenters. The highest BCUT2D eigenvalue weighted by atomic mass is 16.3. The minimum absolute atomic E-state index is 0.130. The van der Waals surface area contributed by atoms with Crippen LogP contribution in [0.5, 0.6) is 0 Å². The molecule has 16 heavy (non-hydrogen) atoms. The summed E-state index contributed by atoms with van der Waals surface area (Å²) in [6.45, 7) is 3.48. The van der Waals surface area contributed by atoms with Gasteiger partial charge in [-0.15, -0.1) is 0 Å². The van der Waals surface area contributed by atoms with Crippen molar-refractivity contribution in [3.8, 4) is 0 Å². The zero-order valence-corrected chi connectivity index (χ0v) is 10.4. The molecule has 4 unspecified atom stereocenters. The highest BCUT2D eigenvalue weighted by molar-refractivity contribution is 4.95. The van der Waals surface area contributed by atoms with Gasteiger partial charge in [-0.05, 0) is 38.1 Å². The lowest BCUT2D eigenvalue weighted by Gasteiger charge is -2.38. The number of likely N-dealkylation sites (tertiary alicyclic amines) is 1. The smallest absolute Gasteiger partial charge is 0.0602 e. The summed E-state index contributed by atoms with van der Waals surface area (Å²) in [6.07, 6.45) is 7.74. The Kier molecular flexibility index (Phi) is 4.22. The molecule has 1 heterocycles. The molecule has 94 valence electrons. The summed E-state index contributed by atoms with van der Waals surface area (Å²) in [6, 6.07) is 1.03. The summed E-state index contributed by atoms with van der Waals surface area (Å²) in [5.41, 5.74) is 6.13. The van der Waals surface area contributed by atoms with Gasteiger partial charge in [0, 0.05) is 18.1 Å². The van der Waals surface area contributed by atoms with Gasteiger partial charge in [0.15, 0.2) is 0 Å². The predicted molar refractivity (Wildman–Crippen MR) is 66.2 cm³/mol. The Hall–Kier alpha value is -0.120. The standard InChI is InChI=1S/C13H26N2O/c1-2-11(14)13(9-16)15-8-7-10-5-3-4-6-12(10)15/h10-13,16H,2-9,14H2,1H3. The minimum atomic E-state index is 0.130. The third kappa shape index (κ3) is 2.27. The first-order valence-electron chi connectivity index (χ1n) is 6.90. The van der Waals surface area contributed by atoms with E-state index in [2.05, 4.69) is 11.8 Å². The van der Waals surface area contributed by atoms with Crippen molar-refractivity contribution in [2.45, 2.75) is 63.6 Å². The van der Waals surface area contributed by atoms with E-state index in [4.69, 9.17) is 5.73 Å². The van der Waals surface area contributed by atoms with Gasteiger partial charge in [0.2, 0.25) is 0 Å². The van der Waals surface area contributed by atoms with Gasteiger partial charge >= 0.3 is 0 Å². The fourth-order valence-corrected chi connectivity index (χ4v) is 3.61. The summed E-state index contributed by atoms with van der Waals surface area (Å²) < 4.78 is 0. The second-order valence-corrected chi connectivity index (χ2v) is 5.46. The van der Waals surface area contributed by atoms with Crippen molar-refractivity contribution in [3.05, 3.63) is 0 Å². The molecular formula is C13H26N2O. The fourth-order valence-electron chi connectivity index (χ4n) is 3.61. The number of hydrogen-bond acceptors (Lipinski definition) is 3. The van der Waals surface area contributed by atoms with Crippen LogP contribution in [0.1, 0.15) is 45.4 Å². The molecule has 1 saturated carbocycles. The van der Waals surface area contributed by atoms with Gasteiger partial charge in [-0.2, -0.15) is 0 Å². The van der Waals surface area contributed by atoms with Crippen molar-refractivity contribution in [2.75, 3.05) is 13.2 Å². The van der Waals surface area contributed by atoms with Gasteiger partial charge in [-0.1, -0.05) is 19.8 Å². The quantitative estimate of drug-likeness (QED) is 0.761. The molecule has 0 spiro atoms. The van der Waals surface area contributed by atoms with Gasteiger partial charge in [0.25, 0.3) is 0 Å². The molecule has 1 saturated heterocycles. The lowest BCUT2D eigenvalue weighted by atomic mass is 9.84. The Morgan fingerprint density at radius 3 is 2.75 bits per heavy atom. The average Bonchev–Trinajstić information content (AvgIpc) is 2.74. The lowest BCUT2D eigenvalue weighted by molar-refractivity contribution is 0.0706. The van der Waals surface area contributed by atoms with Crippen molar-refractivity contribution >= 4 is 0 Å². The second kappa shape index (κ2) is 5.48. The lowest BCUT2D eigenvalue weighted by Crippen LogP contribution is -2.52. The van der Waals surface area contributed by atoms with Crippen LogP contribution >= 0.6 is 0 Å². The minimum Gasteiger partial charge on any atom is -0.395 e. The molecule has 1 aliphatic carbocycles. The zero-order valence-electron chi connectivity index (χ0n) is 10.4.